The normalized spacial score (nSPS) is 13.7. The quantitative estimate of drug-likeness (QED) is 0.308. The first-order valence-corrected chi connectivity index (χ1v) is 11.9. The molecular weight excluding hydrogens is 480 g/mol. The van der Waals surface area contributed by atoms with E-state index in [1.54, 1.807) is 24.3 Å². The molecule has 0 spiro atoms. The van der Waals surface area contributed by atoms with Gasteiger partial charge in [0.1, 0.15) is 0 Å². The Hall–Kier alpha value is -3.25. The number of unbranched alkanes of at least 4 members (excludes halogenated alkanes) is 2. The van der Waals surface area contributed by atoms with Crippen molar-refractivity contribution in [1.29, 1.82) is 0 Å². The van der Waals surface area contributed by atoms with Crippen LogP contribution in [0.4, 0.5) is 0 Å². The summed E-state index contributed by atoms with van der Waals surface area (Å²) in [5.41, 5.74) is 2.99. The van der Waals surface area contributed by atoms with Gasteiger partial charge in [-0.15, -0.1) is 0 Å². The van der Waals surface area contributed by atoms with Crippen LogP contribution in [0, 0.1) is 0 Å². The molecule has 0 bridgehead atoms. The predicted molar refractivity (Wildman–Crippen MR) is 131 cm³/mol. The van der Waals surface area contributed by atoms with E-state index in [2.05, 4.69) is 21.2 Å². The molecule has 0 saturated heterocycles. The fourth-order valence-corrected chi connectivity index (χ4v) is 4.33. The van der Waals surface area contributed by atoms with E-state index in [-0.39, 0.29) is 23.8 Å². The van der Waals surface area contributed by atoms with Crippen molar-refractivity contribution < 1.29 is 14.4 Å². The first-order valence-electron chi connectivity index (χ1n) is 11.1. The predicted octanol–water partition coefficient (Wildman–Crippen LogP) is 5.51. The number of hydrogen-bond acceptors (Lipinski definition) is 3. The molecule has 1 aliphatic rings. The summed E-state index contributed by atoms with van der Waals surface area (Å²) in [6.07, 6.45) is 2.52. The van der Waals surface area contributed by atoms with Gasteiger partial charge in [0.05, 0.1) is 17.2 Å². The number of carbonyl (C=O) groups excluding carboxylic acids is 3. The Balaban J connectivity index is 1.27. The highest BCUT2D eigenvalue weighted by Gasteiger charge is 2.34. The van der Waals surface area contributed by atoms with Gasteiger partial charge in [0.15, 0.2) is 0 Å². The molecule has 5 nitrogen and oxygen atoms in total. The molecule has 4 rings (SSSR count). The third kappa shape index (κ3) is 5.40. The minimum Gasteiger partial charge on any atom is -0.345 e. The van der Waals surface area contributed by atoms with Gasteiger partial charge < -0.3 is 5.32 Å². The van der Waals surface area contributed by atoms with Gasteiger partial charge in [0.25, 0.3) is 11.8 Å². The first-order chi connectivity index (χ1) is 16.0. The lowest BCUT2D eigenvalue weighted by atomic mass is 9.98. The highest BCUT2D eigenvalue weighted by molar-refractivity contribution is 9.10. The molecule has 1 N–H and O–H groups in total. The van der Waals surface area contributed by atoms with Crippen LogP contribution >= 0.6 is 15.9 Å². The van der Waals surface area contributed by atoms with E-state index >= 15 is 0 Å². The van der Waals surface area contributed by atoms with Crippen LogP contribution in [-0.4, -0.2) is 29.2 Å². The summed E-state index contributed by atoms with van der Waals surface area (Å²) in [5, 5.41) is 3.15. The maximum Gasteiger partial charge on any atom is 0.261 e. The molecule has 6 heteroatoms. The second kappa shape index (κ2) is 10.6. The lowest BCUT2D eigenvalue weighted by molar-refractivity contribution is -0.121. The molecular formula is C27H25BrN2O3. The first kappa shape index (κ1) is 22.9. The van der Waals surface area contributed by atoms with E-state index in [0.29, 0.717) is 36.9 Å². The van der Waals surface area contributed by atoms with Crippen molar-refractivity contribution in [2.75, 3.05) is 6.54 Å². The summed E-state index contributed by atoms with van der Waals surface area (Å²) in [6, 6.07) is 24.5. The zero-order valence-corrected chi connectivity index (χ0v) is 19.8. The lowest BCUT2D eigenvalue weighted by Crippen LogP contribution is -2.31. The lowest BCUT2D eigenvalue weighted by Gasteiger charge is -2.20. The van der Waals surface area contributed by atoms with Gasteiger partial charge in [-0.25, -0.2) is 0 Å². The molecule has 1 aliphatic heterocycles. The smallest absolute Gasteiger partial charge is 0.261 e. The van der Waals surface area contributed by atoms with Crippen molar-refractivity contribution in [3.63, 3.8) is 0 Å². The van der Waals surface area contributed by atoms with Crippen molar-refractivity contribution in [1.82, 2.24) is 10.2 Å². The molecule has 33 heavy (non-hydrogen) atoms. The average Bonchev–Trinajstić information content (AvgIpc) is 3.08. The molecule has 0 fully saturated rings. The highest BCUT2D eigenvalue weighted by atomic mass is 79.9. The van der Waals surface area contributed by atoms with Crippen LogP contribution in [-0.2, 0) is 4.79 Å². The second-order valence-electron chi connectivity index (χ2n) is 8.08. The van der Waals surface area contributed by atoms with E-state index in [0.717, 1.165) is 22.0 Å². The Kier molecular flexibility index (Phi) is 7.35. The minimum absolute atomic E-state index is 0.0208. The second-order valence-corrected chi connectivity index (χ2v) is 9.00. The monoisotopic (exact) mass is 504 g/mol. The third-order valence-corrected chi connectivity index (χ3v) is 6.33. The van der Waals surface area contributed by atoms with Gasteiger partial charge in [0, 0.05) is 17.4 Å². The van der Waals surface area contributed by atoms with Crippen LogP contribution in [0.5, 0.6) is 0 Å². The number of carbonyl (C=O) groups is 3. The van der Waals surface area contributed by atoms with Crippen LogP contribution in [0.25, 0.3) is 0 Å². The standard InChI is InChI=1S/C27H25BrN2O3/c28-21-16-14-20(15-17-21)25(19-9-3-1-4-10-19)29-24(31)13-5-2-8-18-30-26(32)22-11-6-7-12-23(22)27(30)33/h1,3-4,6-7,9-12,14-17,25H,2,5,8,13,18H2,(H,29,31)/t25-/m0/s1. The number of benzene rings is 3. The number of fused-ring (bicyclic) bond motifs is 1. The SMILES string of the molecule is O=C(CCCCCN1C(=O)c2ccccc2C1=O)N[C@@H](c1ccccc1)c1ccc(Br)cc1. The average molecular weight is 505 g/mol. The summed E-state index contributed by atoms with van der Waals surface area (Å²) >= 11 is 3.46. The van der Waals surface area contributed by atoms with E-state index in [4.69, 9.17) is 0 Å². The Morgan fingerprint density at radius 3 is 1.97 bits per heavy atom. The van der Waals surface area contributed by atoms with Crippen molar-refractivity contribution in [2.24, 2.45) is 0 Å². The Labute approximate surface area is 201 Å². The van der Waals surface area contributed by atoms with Gasteiger partial charge in [-0.2, -0.15) is 0 Å². The van der Waals surface area contributed by atoms with Crippen molar-refractivity contribution in [3.8, 4) is 0 Å². The molecule has 168 valence electrons. The number of halogens is 1. The summed E-state index contributed by atoms with van der Waals surface area (Å²) in [5.74, 6) is -0.477. The molecule has 3 aromatic rings. The molecule has 1 heterocycles. The van der Waals surface area contributed by atoms with E-state index in [1.807, 2.05) is 54.6 Å². The van der Waals surface area contributed by atoms with Gasteiger partial charge >= 0.3 is 0 Å². The van der Waals surface area contributed by atoms with Crippen LogP contribution in [0.1, 0.15) is 63.6 Å². The minimum atomic E-state index is -0.228. The van der Waals surface area contributed by atoms with Crippen LogP contribution in [0.15, 0.2) is 83.3 Å². The van der Waals surface area contributed by atoms with Crippen LogP contribution < -0.4 is 5.32 Å². The maximum absolute atomic E-state index is 12.7. The van der Waals surface area contributed by atoms with Crippen molar-refractivity contribution >= 4 is 33.7 Å². The van der Waals surface area contributed by atoms with Crippen LogP contribution in [0.2, 0.25) is 0 Å². The summed E-state index contributed by atoms with van der Waals surface area (Å²) in [7, 11) is 0. The van der Waals surface area contributed by atoms with E-state index in [9.17, 15) is 14.4 Å². The number of amides is 3. The fraction of sp³-hybridized carbons (Fsp3) is 0.222. The fourth-order valence-electron chi connectivity index (χ4n) is 4.07. The molecule has 0 saturated carbocycles. The van der Waals surface area contributed by atoms with Crippen molar-refractivity contribution in [2.45, 2.75) is 31.7 Å². The van der Waals surface area contributed by atoms with Gasteiger partial charge in [0.2, 0.25) is 5.91 Å². The molecule has 0 aliphatic carbocycles. The highest BCUT2D eigenvalue weighted by Crippen LogP contribution is 2.25. The number of nitrogens with zero attached hydrogens (tertiary/aromatic N) is 1. The molecule has 0 aromatic heterocycles. The van der Waals surface area contributed by atoms with E-state index < -0.39 is 0 Å². The Bertz CT molecular complexity index is 1110. The third-order valence-electron chi connectivity index (χ3n) is 5.81. The van der Waals surface area contributed by atoms with Gasteiger partial charge in [-0.1, -0.05) is 76.9 Å². The summed E-state index contributed by atoms with van der Waals surface area (Å²) in [6.45, 7) is 0.375. The summed E-state index contributed by atoms with van der Waals surface area (Å²) in [4.78, 5) is 38.9. The summed E-state index contributed by atoms with van der Waals surface area (Å²) < 4.78 is 0.988. The molecule has 3 amide bonds. The number of rotatable bonds is 9. The Morgan fingerprint density at radius 1 is 0.758 bits per heavy atom. The van der Waals surface area contributed by atoms with Gasteiger partial charge in [-0.05, 0) is 48.2 Å². The zero-order chi connectivity index (χ0) is 23.2. The maximum atomic E-state index is 12.7. The molecule has 1 atom stereocenters. The van der Waals surface area contributed by atoms with Crippen molar-refractivity contribution in [3.05, 3.63) is 106 Å². The Morgan fingerprint density at radius 2 is 1.33 bits per heavy atom. The van der Waals surface area contributed by atoms with Gasteiger partial charge in [-0.3, -0.25) is 19.3 Å². The largest absolute Gasteiger partial charge is 0.345 e. The number of imide groups is 1. The number of nitrogens with one attached hydrogen (secondary N) is 1. The zero-order valence-electron chi connectivity index (χ0n) is 18.2. The number of hydrogen-bond donors (Lipinski definition) is 1. The van der Waals surface area contributed by atoms with E-state index in [1.165, 1.54) is 4.90 Å². The molecule has 3 aromatic carbocycles. The molecule has 0 radical (unpaired) electrons. The topological polar surface area (TPSA) is 66.5 Å². The van der Waals surface area contributed by atoms with Crippen LogP contribution in [0.3, 0.4) is 0 Å². The molecule has 0 unspecified atom stereocenters.